The molecule has 0 radical (unpaired) electrons. The van der Waals surface area contributed by atoms with Gasteiger partial charge in [0.2, 0.25) is 10.0 Å². The Hall–Kier alpha value is -1.86. The highest BCUT2D eigenvalue weighted by Gasteiger charge is 2.20. The van der Waals surface area contributed by atoms with Gasteiger partial charge >= 0.3 is 0 Å². The normalized spacial score (nSPS) is 13.3. The van der Waals surface area contributed by atoms with Crippen molar-refractivity contribution in [2.24, 2.45) is 0 Å². The van der Waals surface area contributed by atoms with E-state index in [4.69, 9.17) is 4.74 Å². The highest BCUT2D eigenvalue weighted by Crippen LogP contribution is 2.21. The lowest BCUT2D eigenvalue weighted by atomic mass is 10.1. The van der Waals surface area contributed by atoms with E-state index >= 15 is 0 Å². The maximum Gasteiger partial charge on any atom is 0.244 e. The Labute approximate surface area is 131 Å². The SMILES string of the molecule is COc1cccc([C@@H](C)NS(=O)(=O)c2cnn(C(C)C)c2)c1. The molecule has 1 aromatic carbocycles. The molecule has 0 amide bonds. The molecule has 2 aromatic rings. The van der Waals surface area contributed by atoms with Crippen molar-refractivity contribution in [3.63, 3.8) is 0 Å². The number of nitrogens with one attached hydrogen (secondary N) is 1. The smallest absolute Gasteiger partial charge is 0.244 e. The van der Waals surface area contributed by atoms with Crippen LogP contribution in [0.15, 0.2) is 41.6 Å². The highest BCUT2D eigenvalue weighted by molar-refractivity contribution is 7.89. The fraction of sp³-hybridized carbons (Fsp3) is 0.400. The number of hydrogen-bond acceptors (Lipinski definition) is 4. The van der Waals surface area contributed by atoms with Crippen molar-refractivity contribution < 1.29 is 13.2 Å². The second-order valence-corrected chi connectivity index (χ2v) is 7.08. The van der Waals surface area contributed by atoms with E-state index in [9.17, 15) is 8.42 Å². The summed E-state index contributed by atoms with van der Waals surface area (Å²) in [6.45, 7) is 5.67. The van der Waals surface area contributed by atoms with Crippen LogP contribution in [0.25, 0.3) is 0 Å². The Kier molecular flexibility index (Phi) is 4.87. The molecule has 7 heteroatoms. The van der Waals surface area contributed by atoms with Gasteiger partial charge in [-0.3, -0.25) is 4.68 Å². The number of rotatable bonds is 6. The van der Waals surface area contributed by atoms with Gasteiger partial charge < -0.3 is 4.74 Å². The molecule has 0 saturated heterocycles. The van der Waals surface area contributed by atoms with E-state index in [2.05, 4.69) is 9.82 Å². The molecule has 0 aliphatic rings. The maximum atomic E-state index is 12.4. The maximum absolute atomic E-state index is 12.4. The van der Waals surface area contributed by atoms with E-state index in [0.717, 1.165) is 5.56 Å². The van der Waals surface area contributed by atoms with E-state index < -0.39 is 10.0 Å². The van der Waals surface area contributed by atoms with Crippen LogP contribution in [-0.2, 0) is 10.0 Å². The summed E-state index contributed by atoms with van der Waals surface area (Å²) in [5, 5.41) is 4.07. The summed E-state index contributed by atoms with van der Waals surface area (Å²) in [7, 11) is -2.04. The first-order valence-electron chi connectivity index (χ1n) is 7.04. The van der Waals surface area contributed by atoms with Crippen LogP contribution in [-0.4, -0.2) is 25.3 Å². The van der Waals surface area contributed by atoms with E-state index in [1.54, 1.807) is 18.7 Å². The minimum atomic E-state index is -3.61. The molecule has 0 bridgehead atoms. The van der Waals surface area contributed by atoms with Crippen molar-refractivity contribution in [1.82, 2.24) is 14.5 Å². The van der Waals surface area contributed by atoms with Crippen molar-refractivity contribution in [2.75, 3.05) is 7.11 Å². The Bertz CT molecular complexity index is 738. The van der Waals surface area contributed by atoms with E-state index in [-0.39, 0.29) is 17.0 Å². The van der Waals surface area contributed by atoms with Crippen LogP contribution in [0.4, 0.5) is 0 Å². The summed E-state index contributed by atoms with van der Waals surface area (Å²) in [4.78, 5) is 0.163. The highest BCUT2D eigenvalue weighted by atomic mass is 32.2. The van der Waals surface area contributed by atoms with Gasteiger partial charge in [-0.25, -0.2) is 13.1 Å². The first-order valence-corrected chi connectivity index (χ1v) is 8.52. The molecule has 0 unspecified atom stereocenters. The molecule has 22 heavy (non-hydrogen) atoms. The molecule has 0 aliphatic heterocycles. The van der Waals surface area contributed by atoms with Gasteiger partial charge in [-0.05, 0) is 38.5 Å². The fourth-order valence-electron chi connectivity index (χ4n) is 2.02. The molecular formula is C15H21N3O3S. The van der Waals surface area contributed by atoms with Gasteiger partial charge in [0.25, 0.3) is 0 Å². The van der Waals surface area contributed by atoms with Crippen LogP contribution < -0.4 is 9.46 Å². The van der Waals surface area contributed by atoms with Gasteiger partial charge in [-0.2, -0.15) is 5.10 Å². The van der Waals surface area contributed by atoms with Crippen molar-refractivity contribution in [3.05, 3.63) is 42.2 Å². The quantitative estimate of drug-likeness (QED) is 0.886. The summed E-state index contributed by atoms with van der Waals surface area (Å²) in [5.41, 5.74) is 0.833. The number of ether oxygens (including phenoxy) is 1. The van der Waals surface area contributed by atoms with Crippen LogP contribution in [0.1, 0.15) is 38.4 Å². The number of aromatic nitrogens is 2. The van der Waals surface area contributed by atoms with Gasteiger partial charge in [0.1, 0.15) is 10.6 Å². The summed E-state index contributed by atoms with van der Waals surface area (Å²) < 4.78 is 34.3. The zero-order chi connectivity index (χ0) is 16.3. The molecule has 0 spiro atoms. The molecule has 2 rings (SSSR count). The molecular weight excluding hydrogens is 302 g/mol. The third-order valence-electron chi connectivity index (χ3n) is 3.34. The molecule has 120 valence electrons. The van der Waals surface area contributed by atoms with Crippen molar-refractivity contribution in [2.45, 2.75) is 37.8 Å². The number of methoxy groups -OCH3 is 1. The molecule has 1 aromatic heterocycles. The molecule has 6 nitrogen and oxygen atoms in total. The monoisotopic (exact) mass is 323 g/mol. The van der Waals surface area contributed by atoms with Crippen LogP contribution in [0, 0.1) is 0 Å². The topological polar surface area (TPSA) is 73.2 Å². The number of sulfonamides is 1. The third kappa shape index (κ3) is 3.66. The lowest BCUT2D eigenvalue weighted by molar-refractivity contribution is 0.413. The van der Waals surface area contributed by atoms with Gasteiger partial charge in [0, 0.05) is 18.3 Å². The molecule has 0 aliphatic carbocycles. The van der Waals surface area contributed by atoms with E-state index in [0.29, 0.717) is 5.75 Å². The first kappa shape index (κ1) is 16.5. The van der Waals surface area contributed by atoms with Gasteiger partial charge in [0.15, 0.2) is 0 Å². The minimum absolute atomic E-state index is 0.111. The van der Waals surface area contributed by atoms with Crippen molar-refractivity contribution in [1.29, 1.82) is 0 Å². The van der Waals surface area contributed by atoms with Gasteiger partial charge in [-0.1, -0.05) is 12.1 Å². The summed E-state index contributed by atoms with van der Waals surface area (Å²) in [6, 6.07) is 7.05. The van der Waals surface area contributed by atoms with Crippen LogP contribution in [0.3, 0.4) is 0 Å². The standard InChI is InChI=1S/C15H21N3O3S/c1-11(2)18-10-15(9-16-18)22(19,20)17-12(3)13-6-5-7-14(8-13)21-4/h5-12,17H,1-4H3/t12-/m1/s1. The average Bonchev–Trinajstić information content (AvgIpc) is 2.98. The molecule has 1 atom stereocenters. The summed E-state index contributed by atoms with van der Waals surface area (Å²) >= 11 is 0. The predicted molar refractivity (Wildman–Crippen MR) is 84.3 cm³/mol. The second-order valence-electron chi connectivity index (χ2n) is 5.37. The number of hydrogen-bond donors (Lipinski definition) is 1. The van der Waals surface area contributed by atoms with Crippen molar-refractivity contribution >= 4 is 10.0 Å². The largest absolute Gasteiger partial charge is 0.497 e. The summed E-state index contributed by atoms with van der Waals surface area (Å²) in [5.74, 6) is 0.691. The van der Waals surface area contributed by atoms with Crippen molar-refractivity contribution in [3.8, 4) is 5.75 Å². The Morgan fingerprint density at radius 3 is 2.59 bits per heavy atom. The Morgan fingerprint density at radius 2 is 2.00 bits per heavy atom. The van der Waals surface area contributed by atoms with Crippen LogP contribution >= 0.6 is 0 Å². The van der Waals surface area contributed by atoms with Crippen LogP contribution in [0.2, 0.25) is 0 Å². The van der Waals surface area contributed by atoms with Gasteiger partial charge in [0.05, 0.1) is 13.3 Å². The molecule has 1 heterocycles. The minimum Gasteiger partial charge on any atom is -0.497 e. The molecule has 1 N–H and O–H groups in total. The van der Waals surface area contributed by atoms with E-state index in [1.165, 1.54) is 12.4 Å². The van der Waals surface area contributed by atoms with E-state index in [1.807, 2.05) is 38.1 Å². The average molecular weight is 323 g/mol. The first-order chi connectivity index (χ1) is 10.3. The third-order valence-corrected chi connectivity index (χ3v) is 4.84. The molecule has 0 fully saturated rings. The van der Waals surface area contributed by atoms with Gasteiger partial charge in [-0.15, -0.1) is 0 Å². The Morgan fingerprint density at radius 1 is 1.27 bits per heavy atom. The second kappa shape index (κ2) is 6.50. The number of benzene rings is 1. The Balaban J connectivity index is 2.19. The van der Waals surface area contributed by atoms with Crippen LogP contribution in [0.5, 0.6) is 5.75 Å². The summed E-state index contributed by atoms with van der Waals surface area (Å²) in [6.07, 6.45) is 2.89. The number of nitrogens with zero attached hydrogens (tertiary/aromatic N) is 2. The predicted octanol–water partition coefficient (Wildman–Crippen LogP) is 2.51. The zero-order valence-corrected chi connectivity index (χ0v) is 14.0. The lowest BCUT2D eigenvalue weighted by Gasteiger charge is -2.14. The zero-order valence-electron chi connectivity index (χ0n) is 13.1. The molecule has 0 saturated carbocycles. The fourth-order valence-corrected chi connectivity index (χ4v) is 3.19. The lowest BCUT2D eigenvalue weighted by Crippen LogP contribution is -2.26.